The molecule has 18 heavy (non-hydrogen) atoms. The molecule has 3 nitrogen and oxygen atoms in total. The van der Waals surface area contributed by atoms with E-state index in [9.17, 15) is 5.11 Å². The SMILES string of the molecule is CCC[C@@H](OC(=S)Cc1ccccc1)[C@@H](O)CO. The molecule has 0 fully saturated rings. The lowest BCUT2D eigenvalue weighted by molar-refractivity contribution is -0.00980. The van der Waals surface area contributed by atoms with E-state index in [1.54, 1.807) is 0 Å². The molecule has 1 rings (SSSR count). The highest BCUT2D eigenvalue weighted by Gasteiger charge is 2.20. The summed E-state index contributed by atoms with van der Waals surface area (Å²) in [6.07, 6.45) is 0.802. The molecule has 1 aromatic rings. The smallest absolute Gasteiger partial charge is 0.164 e. The molecule has 2 atom stereocenters. The van der Waals surface area contributed by atoms with Crippen LogP contribution in [0.1, 0.15) is 25.3 Å². The van der Waals surface area contributed by atoms with Gasteiger partial charge in [0.2, 0.25) is 0 Å². The molecule has 0 amide bonds. The first kappa shape index (κ1) is 15.1. The van der Waals surface area contributed by atoms with Crippen LogP contribution in [0.15, 0.2) is 30.3 Å². The second-order valence-corrected chi connectivity index (χ2v) is 4.68. The van der Waals surface area contributed by atoms with Gasteiger partial charge in [-0.1, -0.05) is 43.7 Å². The fourth-order valence-electron chi connectivity index (χ4n) is 1.70. The molecule has 1 aromatic carbocycles. The lowest BCUT2D eigenvalue weighted by atomic mass is 10.1. The van der Waals surface area contributed by atoms with Crippen molar-refractivity contribution in [3.05, 3.63) is 35.9 Å². The number of thiocarbonyl (C=S) groups is 1. The molecule has 0 aliphatic rings. The molecule has 4 heteroatoms. The topological polar surface area (TPSA) is 49.7 Å². The van der Waals surface area contributed by atoms with Gasteiger partial charge in [-0.3, -0.25) is 0 Å². The minimum absolute atomic E-state index is 0.307. The molecule has 0 spiro atoms. The minimum atomic E-state index is -0.876. The Kier molecular flexibility index (Phi) is 6.86. The standard InChI is InChI=1S/C14H20O3S/c1-2-6-13(12(16)10-15)17-14(18)9-11-7-4-3-5-8-11/h3-5,7-8,12-13,15-16H,2,6,9-10H2,1H3/t12-,13+/m0/s1. The predicted molar refractivity (Wildman–Crippen MR) is 75.6 cm³/mol. The van der Waals surface area contributed by atoms with Crippen molar-refractivity contribution in [1.29, 1.82) is 0 Å². The number of aliphatic hydroxyl groups excluding tert-OH is 2. The van der Waals surface area contributed by atoms with Crippen molar-refractivity contribution in [3.63, 3.8) is 0 Å². The minimum Gasteiger partial charge on any atom is -0.481 e. The second-order valence-electron chi connectivity index (χ2n) is 4.23. The number of ether oxygens (including phenoxy) is 1. The summed E-state index contributed by atoms with van der Waals surface area (Å²) < 4.78 is 5.57. The maximum Gasteiger partial charge on any atom is 0.164 e. The number of hydrogen-bond donors (Lipinski definition) is 2. The second kappa shape index (κ2) is 8.19. The number of benzene rings is 1. The molecule has 0 saturated carbocycles. The highest BCUT2D eigenvalue weighted by atomic mass is 32.1. The number of aliphatic hydroxyl groups is 2. The van der Waals surface area contributed by atoms with E-state index in [1.807, 2.05) is 37.3 Å². The summed E-state index contributed by atoms with van der Waals surface area (Å²) in [5.74, 6) is 0. The van der Waals surface area contributed by atoms with E-state index in [1.165, 1.54) is 0 Å². The van der Waals surface area contributed by atoms with Crippen LogP contribution in [0.3, 0.4) is 0 Å². The molecule has 0 aliphatic carbocycles. The van der Waals surface area contributed by atoms with Crippen molar-refractivity contribution in [2.24, 2.45) is 0 Å². The average molecular weight is 268 g/mol. The van der Waals surface area contributed by atoms with Crippen LogP contribution >= 0.6 is 12.2 Å². The van der Waals surface area contributed by atoms with Gasteiger partial charge in [-0.05, 0) is 24.2 Å². The summed E-state index contributed by atoms with van der Waals surface area (Å²) >= 11 is 5.18. The molecular formula is C14H20O3S. The fourth-order valence-corrected chi connectivity index (χ4v) is 2.00. The van der Waals surface area contributed by atoms with E-state index in [0.717, 1.165) is 12.0 Å². The van der Waals surface area contributed by atoms with Gasteiger partial charge >= 0.3 is 0 Å². The van der Waals surface area contributed by atoms with Crippen LogP contribution in [-0.4, -0.2) is 34.1 Å². The lowest BCUT2D eigenvalue weighted by Gasteiger charge is -2.22. The zero-order chi connectivity index (χ0) is 13.4. The Morgan fingerprint density at radius 2 is 2.00 bits per heavy atom. The highest BCUT2D eigenvalue weighted by molar-refractivity contribution is 7.80. The van der Waals surface area contributed by atoms with Crippen LogP contribution in [0.25, 0.3) is 0 Å². The van der Waals surface area contributed by atoms with Gasteiger partial charge in [0, 0.05) is 6.42 Å². The van der Waals surface area contributed by atoms with Gasteiger partial charge in [-0.15, -0.1) is 0 Å². The van der Waals surface area contributed by atoms with Gasteiger partial charge in [0.1, 0.15) is 12.2 Å². The maximum absolute atomic E-state index is 9.63. The van der Waals surface area contributed by atoms with Crippen molar-refractivity contribution in [2.45, 2.75) is 38.4 Å². The highest BCUT2D eigenvalue weighted by Crippen LogP contribution is 2.11. The van der Waals surface area contributed by atoms with Crippen LogP contribution in [-0.2, 0) is 11.2 Å². The molecular weight excluding hydrogens is 248 g/mol. The van der Waals surface area contributed by atoms with Gasteiger partial charge in [0.15, 0.2) is 5.05 Å². The zero-order valence-corrected chi connectivity index (χ0v) is 11.4. The Morgan fingerprint density at radius 1 is 1.33 bits per heavy atom. The van der Waals surface area contributed by atoms with Gasteiger partial charge in [0.05, 0.1) is 6.61 Å². The van der Waals surface area contributed by atoms with Gasteiger partial charge in [-0.2, -0.15) is 0 Å². The van der Waals surface area contributed by atoms with E-state index in [4.69, 9.17) is 22.1 Å². The maximum atomic E-state index is 9.63. The Balaban J connectivity index is 2.51. The monoisotopic (exact) mass is 268 g/mol. The van der Waals surface area contributed by atoms with Crippen molar-refractivity contribution >= 4 is 17.3 Å². The number of hydrogen-bond acceptors (Lipinski definition) is 4. The lowest BCUT2D eigenvalue weighted by Crippen LogP contribution is -2.33. The molecule has 0 radical (unpaired) electrons. The Labute approximate surface area is 113 Å². The average Bonchev–Trinajstić information content (AvgIpc) is 2.38. The summed E-state index contributed by atoms with van der Waals surface area (Å²) in [6, 6.07) is 9.80. The van der Waals surface area contributed by atoms with E-state index >= 15 is 0 Å². The van der Waals surface area contributed by atoms with Gasteiger partial charge in [0.25, 0.3) is 0 Å². The molecule has 0 saturated heterocycles. The largest absolute Gasteiger partial charge is 0.481 e. The van der Waals surface area contributed by atoms with Crippen molar-refractivity contribution in [3.8, 4) is 0 Å². The van der Waals surface area contributed by atoms with Gasteiger partial charge in [-0.25, -0.2) is 0 Å². The summed E-state index contributed by atoms with van der Waals surface area (Å²) in [5, 5.41) is 19.0. The molecule has 100 valence electrons. The molecule has 0 bridgehead atoms. The fraction of sp³-hybridized carbons (Fsp3) is 0.500. The first-order valence-corrected chi connectivity index (χ1v) is 6.60. The third-order valence-corrected chi connectivity index (χ3v) is 2.90. The Morgan fingerprint density at radius 3 is 2.56 bits per heavy atom. The van der Waals surface area contributed by atoms with Crippen LogP contribution in [0.5, 0.6) is 0 Å². The molecule has 0 aromatic heterocycles. The summed E-state index contributed by atoms with van der Waals surface area (Å²) in [6.45, 7) is 1.69. The quantitative estimate of drug-likeness (QED) is 0.744. The normalized spacial score (nSPS) is 13.9. The first-order chi connectivity index (χ1) is 8.67. The van der Waals surface area contributed by atoms with Crippen molar-refractivity contribution in [2.75, 3.05) is 6.61 Å². The Bertz CT molecular complexity index is 353. The molecule has 0 heterocycles. The van der Waals surface area contributed by atoms with E-state index in [0.29, 0.717) is 17.9 Å². The van der Waals surface area contributed by atoms with Crippen molar-refractivity contribution in [1.82, 2.24) is 0 Å². The molecule has 2 N–H and O–H groups in total. The summed E-state index contributed by atoms with van der Waals surface area (Å²) in [7, 11) is 0. The van der Waals surface area contributed by atoms with Gasteiger partial charge < -0.3 is 14.9 Å². The summed E-state index contributed by atoms with van der Waals surface area (Å²) in [4.78, 5) is 0. The van der Waals surface area contributed by atoms with Crippen LogP contribution in [0.2, 0.25) is 0 Å². The third-order valence-electron chi connectivity index (χ3n) is 2.66. The summed E-state index contributed by atoms with van der Waals surface area (Å²) in [5.41, 5.74) is 1.08. The van der Waals surface area contributed by atoms with E-state index in [-0.39, 0.29) is 6.61 Å². The van der Waals surface area contributed by atoms with Crippen molar-refractivity contribution < 1.29 is 14.9 Å². The van der Waals surface area contributed by atoms with Crippen LogP contribution in [0, 0.1) is 0 Å². The first-order valence-electron chi connectivity index (χ1n) is 6.19. The predicted octanol–water partition coefficient (Wildman–Crippen LogP) is 2.10. The number of rotatable bonds is 7. The van der Waals surface area contributed by atoms with E-state index < -0.39 is 12.2 Å². The molecule has 0 aliphatic heterocycles. The van der Waals surface area contributed by atoms with Crippen LogP contribution < -0.4 is 0 Å². The third kappa shape index (κ3) is 5.12. The van der Waals surface area contributed by atoms with Crippen LogP contribution in [0.4, 0.5) is 0 Å². The molecule has 0 unspecified atom stereocenters. The Hall–Kier alpha value is -0.970. The zero-order valence-electron chi connectivity index (χ0n) is 10.6. The van der Waals surface area contributed by atoms with E-state index in [2.05, 4.69) is 0 Å².